The molecule has 1 aliphatic heterocycles. The van der Waals surface area contributed by atoms with Gasteiger partial charge in [0.15, 0.2) is 0 Å². The summed E-state index contributed by atoms with van der Waals surface area (Å²) >= 11 is 0. The molecule has 2 rings (SSSR count). The van der Waals surface area contributed by atoms with Gasteiger partial charge in [-0.3, -0.25) is 0 Å². The zero-order valence-electron chi connectivity index (χ0n) is 10.1. The minimum Gasteiger partial charge on any atom is -0.317 e. The summed E-state index contributed by atoms with van der Waals surface area (Å²) in [5.41, 5.74) is 0. The lowest BCUT2D eigenvalue weighted by Crippen LogP contribution is -2.46. The third-order valence-electron chi connectivity index (χ3n) is 4.17. The minimum atomic E-state index is 0.798. The first kappa shape index (κ1) is 11.4. The lowest BCUT2D eigenvalue weighted by atomic mass is 9.83. The molecule has 0 aromatic rings. The molecule has 2 N–H and O–H groups in total. The molecule has 0 radical (unpaired) electrons. The fourth-order valence-electron chi connectivity index (χ4n) is 3.14. The highest BCUT2D eigenvalue weighted by atomic mass is 15.0. The Labute approximate surface area is 94.2 Å². The Kier molecular flexibility index (Phi) is 4.45. The normalized spacial score (nSPS) is 34.2. The molecule has 0 bridgehead atoms. The Bertz CT molecular complexity index is 175. The topological polar surface area (TPSA) is 24.1 Å². The molecule has 1 aliphatic carbocycles. The summed E-state index contributed by atoms with van der Waals surface area (Å²) in [6.07, 6.45) is 9.80. The molecule has 2 nitrogen and oxygen atoms in total. The smallest absolute Gasteiger partial charge is 0.00938 e. The molecule has 1 saturated heterocycles. The van der Waals surface area contributed by atoms with E-state index in [-0.39, 0.29) is 0 Å². The van der Waals surface area contributed by atoms with Crippen LogP contribution in [0.1, 0.15) is 51.9 Å². The van der Waals surface area contributed by atoms with Gasteiger partial charge in [0.25, 0.3) is 0 Å². The summed E-state index contributed by atoms with van der Waals surface area (Å²) < 4.78 is 0. The van der Waals surface area contributed by atoms with Gasteiger partial charge in [-0.1, -0.05) is 26.2 Å². The predicted molar refractivity (Wildman–Crippen MR) is 65.1 cm³/mol. The number of hydrogen-bond donors (Lipinski definition) is 2. The van der Waals surface area contributed by atoms with Crippen LogP contribution in [0.4, 0.5) is 0 Å². The number of nitrogens with one attached hydrogen (secondary N) is 2. The average molecular weight is 210 g/mol. The molecule has 0 aromatic carbocycles. The van der Waals surface area contributed by atoms with Gasteiger partial charge < -0.3 is 10.6 Å². The van der Waals surface area contributed by atoms with Crippen LogP contribution in [-0.2, 0) is 0 Å². The van der Waals surface area contributed by atoms with Crippen molar-refractivity contribution in [3.05, 3.63) is 0 Å². The molecule has 88 valence electrons. The highest BCUT2D eigenvalue weighted by molar-refractivity contribution is 4.83. The molecule has 0 amide bonds. The summed E-state index contributed by atoms with van der Waals surface area (Å²) in [5, 5.41) is 7.31. The van der Waals surface area contributed by atoms with E-state index in [0.717, 1.165) is 18.0 Å². The lowest BCUT2D eigenvalue weighted by Gasteiger charge is -2.34. The van der Waals surface area contributed by atoms with Gasteiger partial charge in [0.05, 0.1) is 0 Å². The van der Waals surface area contributed by atoms with Crippen molar-refractivity contribution in [1.82, 2.24) is 10.6 Å². The lowest BCUT2D eigenvalue weighted by molar-refractivity contribution is 0.245. The van der Waals surface area contributed by atoms with Gasteiger partial charge in [0, 0.05) is 12.1 Å². The van der Waals surface area contributed by atoms with Crippen LogP contribution in [-0.4, -0.2) is 25.2 Å². The quantitative estimate of drug-likeness (QED) is 0.747. The van der Waals surface area contributed by atoms with E-state index in [2.05, 4.69) is 17.6 Å². The SMILES string of the molecule is CCC1CCCC(NC2CCNCC2)C1. The van der Waals surface area contributed by atoms with E-state index in [1.165, 1.54) is 58.0 Å². The van der Waals surface area contributed by atoms with E-state index < -0.39 is 0 Å². The largest absolute Gasteiger partial charge is 0.317 e. The summed E-state index contributed by atoms with van der Waals surface area (Å²) in [5.74, 6) is 0.998. The van der Waals surface area contributed by atoms with Crippen molar-refractivity contribution < 1.29 is 0 Å². The first-order valence-corrected chi connectivity index (χ1v) is 6.85. The first-order chi connectivity index (χ1) is 7.38. The van der Waals surface area contributed by atoms with Gasteiger partial charge >= 0.3 is 0 Å². The van der Waals surface area contributed by atoms with Crippen molar-refractivity contribution in [3.63, 3.8) is 0 Å². The molecule has 2 aliphatic rings. The average Bonchev–Trinajstić information content (AvgIpc) is 2.31. The first-order valence-electron chi connectivity index (χ1n) is 6.85. The molecule has 2 heteroatoms. The third-order valence-corrected chi connectivity index (χ3v) is 4.17. The van der Waals surface area contributed by atoms with E-state index in [9.17, 15) is 0 Å². The maximum absolute atomic E-state index is 3.88. The van der Waals surface area contributed by atoms with Crippen LogP contribution in [0, 0.1) is 5.92 Å². The van der Waals surface area contributed by atoms with Crippen molar-refractivity contribution in [2.45, 2.75) is 64.0 Å². The minimum absolute atomic E-state index is 0.798. The van der Waals surface area contributed by atoms with E-state index in [4.69, 9.17) is 0 Å². The Morgan fingerprint density at radius 1 is 1.07 bits per heavy atom. The van der Waals surface area contributed by atoms with Gasteiger partial charge in [-0.15, -0.1) is 0 Å². The van der Waals surface area contributed by atoms with Gasteiger partial charge in [-0.25, -0.2) is 0 Å². The highest BCUT2D eigenvalue weighted by Gasteiger charge is 2.23. The third kappa shape index (κ3) is 3.46. The van der Waals surface area contributed by atoms with Gasteiger partial charge in [0.1, 0.15) is 0 Å². The second-order valence-electron chi connectivity index (χ2n) is 5.33. The van der Waals surface area contributed by atoms with Crippen LogP contribution in [0.5, 0.6) is 0 Å². The number of piperidine rings is 1. The standard InChI is InChI=1S/C13H26N2/c1-2-11-4-3-5-13(10-11)15-12-6-8-14-9-7-12/h11-15H,2-10H2,1H3. The summed E-state index contributed by atoms with van der Waals surface area (Å²) in [4.78, 5) is 0. The molecule has 2 atom stereocenters. The van der Waals surface area contributed by atoms with Crippen molar-refractivity contribution in [1.29, 1.82) is 0 Å². The second-order valence-corrected chi connectivity index (χ2v) is 5.33. The highest BCUT2D eigenvalue weighted by Crippen LogP contribution is 2.27. The maximum Gasteiger partial charge on any atom is 0.00938 e. The fourth-order valence-corrected chi connectivity index (χ4v) is 3.14. The molecule has 0 spiro atoms. The summed E-state index contributed by atoms with van der Waals surface area (Å²) in [7, 11) is 0. The molecular weight excluding hydrogens is 184 g/mol. The van der Waals surface area contributed by atoms with Crippen molar-refractivity contribution >= 4 is 0 Å². The van der Waals surface area contributed by atoms with Crippen LogP contribution in [0.25, 0.3) is 0 Å². The molecule has 2 fully saturated rings. The predicted octanol–water partition coefficient (Wildman–Crippen LogP) is 2.30. The zero-order valence-corrected chi connectivity index (χ0v) is 10.1. The van der Waals surface area contributed by atoms with Crippen molar-refractivity contribution in [3.8, 4) is 0 Å². The Hall–Kier alpha value is -0.0800. The molecular formula is C13H26N2. The fraction of sp³-hybridized carbons (Fsp3) is 1.00. The molecule has 15 heavy (non-hydrogen) atoms. The van der Waals surface area contributed by atoms with Crippen LogP contribution < -0.4 is 10.6 Å². The molecule has 1 heterocycles. The van der Waals surface area contributed by atoms with Crippen LogP contribution in [0.15, 0.2) is 0 Å². The Morgan fingerprint density at radius 2 is 1.87 bits per heavy atom. The van der Waals surface area contributed by atoms with Crippen molar-refractivity contribution in [2.75, 3.05) is 13.1 Å². The van der Waals surface area contributed by atoms with E-state index >= 15 is 0 Å². The van der Waals surface area contributed by atoms with E-state index in [1.807, 2.05) is 0 Å². The van der Waals surface area contributed by atoms with Crippen LogP contribution in [0.3, 0.4) is 0 Å². The van der Waals surface area contributed by atoms with Crippen LogP contribution >= 0.6 is 0 Å². The molecule has 0 aromatic heterocycles. The second kappa shape index (κ2) is 5.86. The van der Waals surface area contributed by atoms with Gasteiger partial charge in [-0.2, -0.15) is 0 Å². The molecule has 1 saturated carbocycles. The van der Waals surface area contributed by atoms with Crippen molar-refractivity contribution in [2.24, 2.45) is 5.92 Å². The van der Waals surface area contributed by atoms with Crippen LogP contribution in [0.2, 0.25) is 0 Å². The van der Waals surface area contributed by atoms with Gasteiger partial charge in [0.2, 0.25) is 0 Å². The van der Waals surface area contributed by atoms with E-state index in [1.54, 1.807) is 0 Å². The van der Waals surface area contributed by atoms with Gasteiger partial charge in [-0.05, 0) is 44.7 Å². The Morgan fingerprint density at radius 3 is 2.60 bits per heavy atom. The Balaban J connectivity index is 1.72. The zero-order chi connectivity index (χ0) is 10.5. The number of hydrogen-bond acceptors (Lipinski definition) is 2. The maximum atomic E-state index is 3.88. The molecule has 2 unspecified atom stereocenters. The summed E-state index contributed by atoms with van der Waals surface area (Å²) in [6.45, 7) is 4.76. The summed E-state index contributed by atoms with van der Waals surface area (Å²) in [6, 6.07) is 1.62. The van der Waals surface area contributed by atoms with E-state index in [0.29, 0.717) is 0 Å². The monoisotopic (exact) mass is 210 g/mol. The number of rotatable bonds is 3.